The van der Waals surface area contributed by atoms with Crippen LogP contribution in [0, 0.1) is 18.6 Å². The average Bonchev–Trinajstić information content (AvgIpc) is 2.33. The molecule has 88 valence electrons. The van der Waals surface area contributed by atoms with Gasteiger partial charge in [-0.1, -0.05) is 12.1 Å². The van der Waals surface area contributed by atoms with E-state index in [1.165, 1.54) is 18.5 Å². The third-order valence-electron chi connectivity index (χ3n) is 2.34. The van der Waals surface area contributed by atoms with Gasteiger partial charge in [0.2, 0.25) is 0 Å². The molecular formula is C12H11F2N3. The minimum atomic E-state index is -0.463. The summed E-state index contributed by atoms with van der Waals surface area (Å²) in [5, 5.41) is 2.84. The van der Waals surface area contributed by atoms with Crippen molar-refractivity contribution < 1.29 is 8.78 Å². The Morgan fingerprint density at radius 2 is 1.82 bits per heavy atom. The lowest BCUT2D eigenvalue weighted by Gasteiger charge is -2.07. The van der Waals surface area contributed by atoms with Crippen molar-refractivity contribution in [1.82, 2.24) is 9.97 Å². The first-order valence-corrected chi connectivity index (χ1v) is 5.12. The molecule has 17 heavy (non-hydrogen) atoms. The summed E-state index contributed by atoms with van der Waals surface area (Å²) in [5.41, 5.74) is 1.14. The van der Waals surface area contributed by atoms with Gasteiger partial charge in [-0.15, -0.1) is 0 Å². The van der Waals surface area contributed by atoms with E-state index >= 15 is 0 Å². The second kappa shape index (κ2) is 4.86. The molecular weight excluding hydrogens is 224 g/mol. The first-order valence-electron chi connectivity index (χ1n) is 5.12. The maximum atomic E-state index is 13.5. The van der Waals surface area contributed by atoms with E-state index in [1.807, 2.05) is 0 Å². The molecule has 0 aliphatic carbocycles. The first-order chi connectivity index (χ1) is 8.16. The lowest BCUT2D eigenvalue weighted by atomic mass is 10.2. The molecule has 1 N–H and O–H groups in total. The van der Waals surface area contributed by atoms with E-state index < -0.39 is 5.82 Å². The van der Waals surface area contributed by atoms with E-state index in [-0.39, 0.29) is 11.6 Å². The Morgan fingerprint density at radius 3 is 2.53 bits per heavy atom. The number of hydrogen-bond donors (Lipinski definition) is 1. The Morgan fingerprint density at radius 1 is 1.12 bits per heavy atom. The van der Waals surface area contributed by atoms with Gasteiger partial charge in [-0.05, 0) is 24.6 Å². The summed E-state index contributed by atoms with van der Waals surface area (Å²) in [5.74, 6) is -0.603. The minimum Gasteiger partial charge on any atom is -0.363 e. The van der Waals surface area contributed by atoms with Gasteiger partial charge in [0.15, 0.2) is 11.6 Å². The molecule has 1 aromatic heterocycles. The predicted octanol–water partition coefficient (Wildman–Crippen LogP) is 2.68. The molecule has 0 spiro atoms. The van der Waals surface area contributed by atoms with Crippen molar-refractivity contribution in [1.29, 1.82) is 0 Å². The summed E-state index contributed by atoms with van der Waals surface area (Å²) in [6.45, 7) is 1.95. The summed E-state index contributed by atoms with van der Waals surface area (Å²) >= 11 is 0. The molecule has 0 bridgehead atoms. The van der Waals surface area contributed by atoms with Crippen LogP contribution in [0.25, 0.3) is 0 Å². The molecule has 0 saturated heterocycles. The highest BCUT2D eigenvalue weighted by Gasteiger charge is 2.06. The molecule has 2 rings (SSSR count). The number of hydrogen-bond acceptors (Lipinski definition) is 3. The van der Waals surface area contributed by atoms with Crippen molar-refractivity contribution in [3.05, 3.63) is 53.5 Å². The van der Waals surface area contributed by atoms with Crippen LogP contribution in [0.15, 0.2) is 30.6 Å². The van der Waals surface area contributed by atoms with Crippen molar-refractivity contribution in [2.24, 2.45) is 0 Å². The average molecular weight is 235 g/mol. The maximum absolute atomic E-state index is 13.5. The second-order valence-corrected chi connectivity index (χ2v) is 3.60. The van der Waals surface area contributed by atoms with E-state index in [2.05, 4.69) is 15.3 Å². The lowest BCUT2D eigenvalue weighted by Crippen LogP contribution is -2.05. The number of aryl methyl sites for hydroxylation is 1. The largest absolute Gasteiger partial charge is 0.363 e. The van der Waals surface area contributed by atoms with Crippen LogP contribution in [0.5, 0.6) is 0 Å². The molecule has 3 nitrogen and oxygen atoms in total. The third kappa shape index (κ3) is 2.75. The molecule has 0 saturated carbocycles. The summed E-state index contributed by atoms with van der Waals surface area (Å²) < 4.78 is 26.2. The highest BCUT2D eigenvalue weighted by Crippen LogP contribution is 2.13. The van der Waals surface area contributed by atoms with E-state index in [0.29, 0.717) is 12.2 Å². The topological polar surface area (TPSA) is 37.8 Å². The van der Waals surface area contributed by atoms with E-state index in [4.69, 9.17) is 0 Å². The number of aromatic nitrogens is 2. The Bertz CT molecular complexity index is 512. The van der Waals surface area contributed by atoms with E-state index in [1.54, 1.807) is 19.1 Å². The summed E-state index contributed by atoms with van der Waals surface area (Å²) in [6.07, 6.45) is 1.30. The molecule has 0 aliphatic heterocycles. The van der Waals surface area contributed by atoms with Gasteiger partial charge in [0, 0.05) is 6.54 Å². The monoisotopic (exact) mass is 235 g/mol. The quantitative estimate of drug-likeness (QED) is 0.888. The molecule has 0 atom stereocenters. The second-order valence-electron chi connectivity index (χ2n) is 3.60. The van der Waals surface area contributed by atoms with Crippen molar-refractivity contribution in [2.45, 2.75) is 13.5 Å². The van der Waals surface area contributed by atoms with Crippen molar-refractivity contribution in [2.75, 3.05) is 5.32 Å². The smallest absolute Gasteiger partial charge is 0.186 e. The Hall–Kier alpha value is -2.04. The highest BCUT2D eigenvalue weighted by molar-refractivity contribution is 5.37. The van der Waals surface area contributed by atoms with Crippen LogP contribution >= 0.6 is 0 Å². The Kier molecular flexibility index (Phi) is 3.27. The fourth-order valence-corrected chi connectivity index (χ4v) is 1.37. The molecule has 2 aromatic rings. The number of nitrogens with one attached hydrogen (secondary N) is 1. The number of halogens is 2. The molecule has 0 aliphatic rings. The van der Waals surface area contributed by atoms with E-state index in [0.717, 1.165) is 5.56 Å². The van der Waals surface area contributed by atoms with Gasteiger partial charge in [-0.3, -0.25) is 0 Å². The van der Waals surface area contributed by atoms with Gasteiger partial charge >= 0.3 is 0 Å². The van der Waals surface area contributed by atoms with Crippen LogP contribution in [-0.2, 0) is 6.54 Å². The van der Waals surface area contributed by atoms with Gasteiger partial charge in [0.05, 0.1) is 5.69 Å². The maximum Gasteiger partial charge on any atom is 0.186 e. The van der Waals surface area contributed by atoms with Gasteiger partial charge in [0.25, 0.3) is 0 Å². The van der Waals surface area contributed by atoms with Gasteiger partial charge in [-0.25, -0.2) is 18.7 Å². The van der Waals surface area contributed by atoms with Crippen LogP contribution in [0.3, 0.4) is 0 Å². The molecule has 0 amide bonds. The molecule has 0 fully saturated rings. The fourth-order valence-electron chi connectivity index (χ4n) is 1.37. The van der Waals surface area contributed by atoms with Crippen molar-refractivity contribution in [3.8, 4) is 0 Å². The lowest BCUT2D eigenvalue weighted by molar-refractivity contribution is 0.604. The van der Waals surface area contributed by atoms with E-state index in [9.17, 15) is 8.78 Å². The first kappa shape index (κ1) is 11.4. The number of rotatable bonds is 3. The summed E-state index contributed by atoms with van der Waals surface area (Å²) in [4.78, 5) is 7.53. The predicted molar refractivity (Wildman–Crippen MR) is 60.5 cm³/mol. The summed E-state index contributed by atoms with van der Waals surface area (Å²) in [6, 6.07) is 5.99. The standard InChI is InChI=1S/C12H11F2N3/c1-8-11(14)12(17-7-16-8)15-6-9-2-4-10(13)5-3-9/h2-5,7H,6H2,1H3,(H,15,16,17). The molecule has 0 unspecified atom stereocenters. The molecule has 1 aromatic carbocycles. The summed E-state index contributed by atoms with van der Waals surface area (Å²) in [7, 11) is 0. The molecule has 0 radical (unpaired) electrons. The van der Waals surface area contributed by atoms with Crippen molar-refractivity contribution in [3.63, 3.8) is 0 Å². The Balaban J connectivity index is 2.07. The zero-order valence-corrected chi connectivity index (χ0v) is 9.24. The molecule has 5 heteroatoms. The van der Waals surface area contributed by atoms with Crippen LogP contribution < -0.4 is 5.32 Å². The minimum absolute atomic E-state index is 0.154. The number of benzene rings is 1. The van der Waals surface area contributed by atoms with Gasteiger partial charge < -0.3 is 5.32 Å². The van der Waals surface area contributed by atoms with Gasteiger partial charge in [0.1, 0.15) is 12.1 Å². The van der Waals surface area contributed by atoms with Crippen LogP contribution in [0.2, 0.25) is 0 Å². The van der Waals surface area contributed by atoms with Crippen molar-refractivity contribution >= 4 is 5.82 Å². The Labute approximate surface area is 97.5 Å². The molecule has 1 heterocycles. The third-order valence-corrected chi connectivity index (χ3v) is 2.34. The normalized spacial score (nSPS) is 10.3. The fraction of sp³-hybridized carbons (Fsp3) is 0.167. The SMILES string of the molecule is Cc1ncnc(NCc2ccc(F)cc2)c1F. The van der Waals surface area contributed by atoms with Crippen LogP contribution in [0.1, 0.15) is 11.3 Å². The zero-order valence-electron chi connectivity index (χ0n) is 9.24. The number of anilines is 1. The van der Waals surface area contributed by atoms with Gasteiger partial charge in [-0.2, -0.15) is 0 Å². The van der Waals surface area contributed by atoms with Crippen LogP contribution in [0.4, 0.5) is 14.6 Å². The zero-order chi connectivity index (χ0) is 12.3. The number of nitrogens with zero attached hydrogens (tertiary/aromatic N) is 2. The van der Waals surface area contributed by atoms with Crippen LogP contribution in [-0.4, -0.2) is 9.97 Å². The highest BCUT2D eigenvalue weighted by atomic mass is 19.1.